The molecule has 0 saturated carbocycles. The minimum absolute atomic E-state index is 0. The van der Waals surface area contributed by atoms with Gasteiger partial charge in [0.1, 0.15) is 4.71 Å². The van der Waals surface area contributed by atoms with Crippen molar-refractivity contribution in [1.29, 1.82) is 0 Å². The van der Waals surface area contributed by atoms with Gasteiger partial charge in [-0.25, -0.2) is 0 Å². The predicted octanol–water partition coefficient (Wildman–Crippen LogP) is 0.720. The van der Waals surface area contributed by atoms with Crippen molar-refractivity contribution in [1.82, 2.24) is 5.32 Å². The molecular weight excluding hydrogens is 188 g/mol. The molecule has 1 aliphatic heterocycles. The second-order valence-electron chi connectivity index (χ2n) is 1.82. The molecule has 0 aromatic carbocycles. The smallest absolute Gasteiger partial charge is 0.100 e. The Labute approximate surface area is 76.5 Å². The summed E-state index contributed by atoms with van der Waals surface area (Å²) in [5, 5.41) is 3.36. The van der Waals surface area contributed by atoms with Crippen LogP contribution in [-0.2, 0) is 0 Å². The highest BCUT2D eigenvalue weighted by Gasteiger charge is 2.13. The largest absolute Gasteiger partial charge is 0.330 e. The van der Waals surface area contributed by atoms with Crippen molar-refractivity contribution in [2.45, 2.75) is 4.71 Å². The van der Waals surface area contributed by atoms with Gasteiger partial charge < -0.3 is 5.73 Å². The van der Waals surface area contributed by atoms with Gasteiger partial charge in [0, 0.05) is 24.6 Å². The number of rotatable bonds is 3. The summed E-state index contributed by atoms with van der Waals surface area (Å²) in [7, 11) is 0. The molecule has 62 valence electrons. The predicted molar refractivity (Wildman–Crippen MR) is 53.0 cm³/mol. The number of nitrogens with two attached hydrogens (primary N) is 1. The second kappa shape index (κ2) is 6.61. The highest BCUT2D eigenvalue weighted by atomic mass is 35.5. The van der Waals surface area contributed by atoms with E-state index in [-0.39, 0.29) is 12.4 Å². The van der Waals surface area contributed by atoms with Crippen molar-refractivity contribution in [2.75, 3.05) is 24.6 Å². The van der Waals surface area contributed by atoms with Crippen LogP contribution in [0.3, 0.4) is 0 Å². The average Bonchev–Trinajstić information content (AvgIpc) is 2.34. The average molecular weight is 201 g/mol. The Morgan fingerprint density at radius 3 is 3.00 bits per heavy atom. The van der Waals surface area contributed by atoms with E-state index >= 15 is 0 Å². The molecule has 0 aromatic heterocycles. The topological polar surface area (TPSA) is 38.0 Å². The summed E-state index contributed by atoms with van der Waals surface area (Å²) >= 11 is 3.89. The Balaban J connectivity index is 0.000000810. The van der Waals surface area contributed by atoms with E-state index in [9.17, 15) is 0 Å². The van der Waals surface area contributed by atoms with Crippen LogP contribution in [0.1, 0.15) is 0 Å². The molecular formula is C5H13ClN2S2. The highest BCUT2D eigenvalue weighted by molar-refractivity contribution is 8.17. The van der Waals surface area contributed by atoms with Gasteiger partial charge in [-0.1, -0.05) is 0 Å². The third-order valence-corrected chi connectivity index (χ3v) is 3.74. The van der Waals surface area contributed by atoms with Gasteiger partial charge in [-0.3, -0.25) is 5.32 Å². The first-order chi connectivity index (χ1) is 4.43. The molecule has 0 aliphatic carbocycles. The molecule has 1 heterocycles. The Bertz CT molecular complexity index is 78.0. The molecule has 5 heteroatoms. The van der Waals surface area contributed by atoms with Crippen LogP contribution in [0.25, 0.3) is 0 Å². The Hall–Kier alpha value is 0.910. The fraction of sp³-hybridized carbons (Fsp3) is 1.00. The van der Waals surface area contributed by atoms with Gasteiger partial charge in [0.25, 0.3) is 0 Å². The minimum atomic E-state index is 0. The summed E-state index contributed by atoms with van der Waals surface area (Å²) in [4.78, 5) is 0. The van der Waals surface area contributed by atoms with Gasteiger partial charge in [0.05, 0.1) is 0 Å². The summed E-state index contributed by atoms with van der Waals surface area (Å²) in [6, 6.07) is 0. The van der Waals surface area contributed by atoms with Gasteiger partial charge in [-0.05, 0) is 0 Å². The lowest BCUT2D eigenvalue weighted by Crippen LogP contribution is -2.17. The van der Waals surface area contributed by atoms with E-state index in [4.69, 9.17) is 5.73 Å². The van der Waals surface area contributed by atoms with Crippen LogP contribution in [0, 0.1) is 0 Å². The van der Waals surface area contributed by atoms with Gasteiger partial charge in [0.2, 0.25) is 0 Å². The van der Waals surface area contributed by atoms with E-state index in [0.29, 0.717) is 4.71 Å². The monoisotopic (exact) mass is 200 g/mol. The highest BCUT2D eigenvalue weighted by Crippen LogP contribution is 2.23. The summed E-state index contributed by atoms with van der Waals surface area (Å²) in [5.74, 6) is 2.33. The maximum atomic E-state index is 5.35. The molecule has 2 nitrogen and oxygen atoms in total. The Morgan fingerprint density at radius 2 is 2.50 bits per heavy atom. The van der Waals surface area contributed by atoms with Gasteiger partial charge >= 0.3 is 0 Å². The molecule has 0 spiro atoms. The van der Waals surface area contributed by atoms with E-state index < -0.39 is 0 Å². The lowest BCUT2D eigenvalue weighted by atomic mass is 10.8. The standard InChI is InChI=1S/C5H12N2S2.ClH/c6-1-3-8-5-7-2-4-9-5;/h5,7H,1-4,6H2;1H. The number of nitrogens with one attached hydrogen (secondary N) is 1. The van der Waals surface area contributed by atoms with Crippen LogP contribution in [0.2, 0.25) is 0 Å². The van der Waals surface area contributed by atoms with Gasteiger partial charge in [-0.15, -0.1) is 35.9 Å². The summed E-state index contributed by atoms with van der Waals surface area (Å²) in [5.41, 5.74) is 5.35. The summed E-state index contributed by atoms with van der Waals surface area (Å²) in [6.07, 6.45) is 0. The van der Waals surface area contributed by atoms with Crippen molar-refractivity contribution >= 4 is 35.9 Å². The van der Waals surface area contributed by atoms with Crippen molar-refractivity contribution in [3.8, 4) is 0 Å². The number of halogens is 1. The lowest BCUT2D eigenvalue weighted by molar-refractivity contribution is 0.853. The maximum Gasteiger partial charge on any atom is 0.100 e. The molecule has 1 rings (SSSR count). The van der Waals surface area contributed by atoms with Crippen LogP contribution in [0.4, 0.5) is 0 Å². The zero-order chi connectivity index (χ0) is 6.53. The van der Waals surface area contributed by atoms with E-state index in [2.05, 4.69) is 5.32 Å². The van der Waals surface area contributed by atoms with Gasteiger partial charge in [-0.2, -0.15) is 0 Å². The molecule has 0 amide bonds. The molecule has 1 fully saturated rings. The first kappa shape index (κ1) is 10.9. The minimum Gasteiger partial charge on any atom is -0.330 e. The number of hydrogen-bond donors (Lipinski definition) is 2. The van der Waals surface area contributed by atoms with Crippen molar-refractivity contribution in [3.05, 3.63) is 0 Å². The van der Waals surface area contributed by atoms with Crippen LogP contribution in [0.15, 0.2) is 0 Å². The fourth-order valence-electron chi connectivity index (χ4n) is 0.684. The van der Waals surface area contributed by atoms with Crippen molar-refractivity contribution < 1.29 is 0 Å². The van der Waals surface area contributed by atoms with Crippen LogP contribution in [-0.4, -0.2) is 29.3 Å². The normalized spacial score (nSPS) is 24.3. The lowest BCUT2D eigenvalue weighted by Gasteiger charge is -2.05. The van der Waals surface area contributed by atoms with E-state index in [1.165, 1.54) is 5.75 Å². The zero-order valence-electron chi connectivity index (χ0n) is 5.71. The second-order valence-corrected chi connectivity index (χ2v) is 4.54. The first-order valence-corrected chi connectivity index (χ1v) is 5.20. The van der Waals surface area contributed by atoms with Crippen LogP contribution < -0.4 is 11.1 Å². The molecule has 3 N–H and O–H groups in total. The van der Waals surface area contributed by atoms with Crippen molar-refractivity contribution in [2.24, 2.45) is 5.73 Å². The number of hydrogen-bond acceptors (Lipinski definition) is 4. The van der Waals surface area contributed by atoms with E-state index in [0.717, 1.165) is 18.8 Å². The molecule has 1 saturated heterocycles. The first-order valence-electron chi connectivity index (χ1n) is 3.10. The summed E-state index contributed by atoms with van der Waals surface area (Å²) < 4.78 is 0.619. The molecule has 10 heavy (non-hydrogen) atoms. The van der Waals surface area contributed by atoms with Gasteiger partial charge in [0.15, 0.2) is 0 Å². The quantitative estimate of drug-likeness (QED) is 0.705. The third kappa shape index (κ3) is 3.93. The zero-order valence-corrected chi connectivity index (χ0v) is 8.16. The Morgan fingerprint density at radius 1 is 1.70 bits per heavy atom. The molecule has 0 aromatic rings. The molecule has 0 bridgehead atoms. The van der Waals surface area contributed by atoms with Crippen LogP contribution in [0.5, 0.6) is 0 Å². The molecule has 1 atom stereocenters. The molecule has 1 aliphatic rings. The SMILES string of the molecule is Cl.NCCSC1NCCS1. The van der Waals surface area contributed by atoms with E-state index in [1.54, 1.807) is 0 Å². The number of thioether (sulfide) groups is 2. The molecule has 0 radical (unpaired) electrons. The van der Waals surface area contributed by atoms with Crippen LogP contribution >= 0.6 is 35.9 Å². The third-order valence-electron chi connectivity index (χ3n) is 1.07. The van der Waals surface area contributed by atoms with Crippen molar-refractivity contribution in [3.63, 3.8) is 0 Å². The Kier molecular flexibility index (Phi) is 7.21. The van der Waals surface area contributed by atoms with E-state index in [1.807, 2.05) is 23.5 Å². The fourth-order valence-corrected chi connectivity index (χ4v) is 2.92. The maximum absolute atomic E-state index is 5.35. The summed E-state index contributed by atoms with van der Waals surface area (Å²) in [6.45, 7) is 1.95. The molecule has 1 unspecified atom stereocenters.